The highest BCUT2D eigenvalue weighted by molar-refractivity contribution is 7.80. The van der Waals surface area contributed by atoms with Crippen LogP contribution in [-0.2, 0) is 4.79 Å². The second-order valence-corrected chi connectivity index (χ2v) is 4.77. The first-order valence-electron chi connectivity index (χ1n) is 5.27. The van der Waals surface area contributed by atoms with Gasteiger partial charge in [0.1, 0.15) is 0 Å². The molecular formula is C10H20N2O2S. The molecule has 2 atom stereocenters. The monoisotopic (exact) mass is 232 g/mol. The van der Waals surface area contributed by atoms with E-state index in [4.69, 9.17) is 0 Å². The summed E-state index contributed by atoms with van der Waals surface area (Å²) in [5.74, 6) is 0.675. The maximum Gasteiger partial charge on any atom is 0.223 e. The molecule has 1 saturated heterocycles. The zero-order valence-corrected chi connectivity index (χ0v) is 10.3. The molecule has 15 heavy (non-hydrogen) atoms. The average molecular weight is 232 g/mol. The van der Waals surface area contributed by atoms with Gasteiger partial charge in [-0.15, -0.1) is 0 Å². The van der Waals surface area contributed by atoms with Crippen LogP contribution in [0.25, 0.3) is 0 Å². The maximum atomic E-state index is 11.7. The summed E-state index contributed by atoms with van der Waals surface area (Å²) in [5, 5.41) is 9.57. The highest BCUT2D eigenvalue weighted by atomic mass is 32.1. The zero-order valence-electron chi connectivity index (χ0n) is 9.39. The van der Waals surface area contributed by atoms with E-state index in [9.17, 15) is 9.90 Å². The summed E-state index contributed by atoms with van der Waals surface area (Å²) in [4.78, 5) is 15.6. The largest absolute Gasteiger partial charge is 0.391 e. The first-order valence-corrected chi connectivity index (χ1v) is 5.91. The molecule has 5 heteroatoms. The van der Waals surface area contributed by atoms with Crippen molar-refractivity contribution in [2.75, 3.05) is 32.9 Å². The summed E-state index contributed by atoms with van der Waals surface area (Å²) in [6.45, 7) is 1.29. The second-order valence-electron chi connectivity index (χ2n) is 4.33. The number of aliphatic hydroxyl groups excluding tert-OH is 1. The molecular weight excluding hydrogens is 212 g/mol. The number of amides is 1. The Bertz CT molecular complexity index is 223. The van der Waals surface area contributed by atoms with E-state index < -0.39 is 0 Å². The van der Waals surface area contributed by atoms with Crippen LogP contribution in [-0.4, -0.2) is 65.9 Å². The highest BCUT2D eigenvalue weighted by Crippen LogP contribution is 2.19. The molecule has 0 aromatic heterocycles. The van der Waals surface area contributed by atoms with Crippen LogP contribution >= 0.6 is 12.6 Å². The molecule has 0 aliphatic carbocycles. The van der Waals surface area contributed by atoms with E-state index >= 15 is 0 Å². The summed E-state index contributed by atoms with van der Waals surface area (Å²) < 4.78 is 0. The van der Waals surface area contributed by atoms with Crippen LogP contribution in [0.3, 0.4) is 0 Å². The van der Waals surface area contributed by atoms with Crippen molar-refractivity contribution in [2.45, 2.75) is 25.0 Å². The van der Waals surface area contributed by atoms with E-state index in [0.29, 0.717) is 25.1 Å². The topological polar surface area (TPSA) is 43.8 Å². The lowest BCUT2D eigenvalue weighted by Crippen LogP contribution is -2.41. The third-order valence-corrected chi connectivity index (χ3v) is 2.84. The Morgan fingerprint density at radius 3 is 2.80 bits per heavy atom. The van der Waals surface area contributed by atoms with E-state index in [1.807, 2.05) is 19.0 Å². The lowest BCUT2D eigenvalue weighted by molar-refractivity contribution is -0.132. The number of thiol groups is 1. The average Bonchev–Trinajstić information content (AvgIpc) is 2.46. The minimum absolute atomic E-state index is 0.105. The minimum Gasteiger partial charge on any atom is -0.391 e. The molecule has 0 spiro atoms. The Balaban J connectivity index is 2.56. The summed E-state index contributed by atoms with van der Waals surface area (Å²) in [6, 6.07) is 0.155. The van der Waals surface area contributed by atoms with E-state index in [2.05, 4.69) is 12.6 Å². The molecule has 2 unspecified atom stereocenters. The van der Waals surface area contributed by atoms with Crippen LogP contribution in [0, 0.1) is 0 Å². The zero-order chi connectivity index (χ0) is 11.4. The molecule has 1 aliphatic rings. The number of carbonyl (C=O) groups is 1. The predicted octanol–water partition coefficient (Wildman–Crippen LogP) is -0.170. The van der Waals surface area contributed by atoms with Crippen LogP contribution in [0.4, 0.5) is 0 Å². The van der Waals surface area contributed by atoms with Gasteiger partial charge in [-0.05, 0) is 26.3 Å². The maximum absolute atomic E-state index is 11.7. The highest BCUT2D eigenvalue weighted by Gasteiger charge is 2.33. The molecule has 0 bridgehead atoms. The molecule has 0 aromatic carbocycles. The molecule has 88 valence electrons. The first kappa shape index (κ1) is 12.8. The number of aliphatic hydroxyl groups is 1. The molecule has 1 heterocycles. The first-order chi connectivity index (χ1) is 7.04. The Labute approximate surface area is 96.6 Å². The predicted molar refractivity (Wildman–Crippen MR) is 63.1 cm³/mol. The molecule has 0 aromatic rings. The number of likely N-dealkylation sites (N-methyl/N-ethyl adjacent to an activating group) is 1. The smallest absolute Gasteiger partial charge is 0.223 e. The third kappa shape index (κ3) is 3.66. The summed E-state index contributed by atoms with van der Waals surface area (Å²) in [7, 11) is 3.96. The van der Waals surface area contributed by atoms with Gasteiger partial charge >= 0.3 is 0 Å². The van der Waals surface area contributed by atoms with E-state index in [1.165, 1.54) is 0 Å². The van der Waals surface area contributed by atoms with Crippen molar-refractivity contribution in [1.29, 1.82) is 0 Å². The van der Waals surface area contributed by atoms with Gasteiger partial charge in [0.15, 0.2) is 0 Å². The Hall–Kier alpha value is -0.260. The number of hydrogen-bond acceptors (Lipinski definition) is 4. The number of β-amino-alcohol motifs (C(OH)–C–C–N with tert-alkyl or cyclic N) is 1. The minimum atomic E-state index is -0.362. The van der Waals surface area contributed by atoms with Crippen LogP contribution in [0.2, 0.25) is 0 Å². The van der Waals surface area contributed by atoms with E-state index in [0.717, 1.165) is 6.54 Å². The summed E-state index contributed by atoms with van der Waals surface area (Å²) >= 11 is 4.05. The van der Waals surface area contributed by atoms with Crippen molar-refractivity contribution in [3.05, 3.63) is 0 Å². The Morgan fingerprint density at radius 2 is 2.27 bits per heavy atom. The standard InChI is InChI=1S/C10H20N2O2S/c1-11(2)6-8-5-9(13)7-12(8)10(14)3-4-15/h8-9,13,15H,3-7H2,1-2H3. The van der Waals surface area contributed by atoms with Gasteiger partial charge in [-0.2, -0.15) is 12.6 Å². The van der Waals surface area contributed by atoms with Crippen molar-refractivity contribution < 1.29 is 9.90 Å². The fraction of sp³-hybridized carbons (Fsp3) is 0.900. The number of carbonyl (C=O) groups excluding carboxylic acids is 1. The van der Waals surface area contributed by atoms with Gasteiger partial charge in [0.2, 0.25) is 5.91 Å². The van der Waals surface area contributed by atoms with Gasteiger partial charge in [-0.25, -0.2) is 0 Å². The van der Waals surface area contributed by atoms with Crippen molar-refractivity contribution in [3.8, 4) is 0 Å². The van der Waals surface area contributed by atoms with Gasteiger partial charge in [0.05, 0.1) is 6.10 Å². The summed E-state index contributed by atoms with van der Waals surface area (Å²) in [6.07, 6.45) is 0.787. The van der Waals surface area contributed by atoms with E-state index in [-0.39, 0.29) is 18.1 Å². The van der Waals surface area contributed by atoms with Crippen LogP contribution < -0.4 is 0 Å². The number of rotatable bonds is 4. The quantitative estimate of drug-likeness (QED) is 0.662. The number of likely N-dealkylation sites (tertiary alicyclic amines) is 1. The Morgan fingerprint density at radius 1 is 1.60 bits per heavy atom. The van der Waals surface area contributed by atoms with Crippen molar-refractivity contribution >= 4 is 18.5 Å². The normalized spacial score (nSPS) is 26.3. The van der Waals surface area contributed by atoms with Crippen molar-refractivity contribution in [2.24, 2.45) is 0 Å². The van der Waals surface area contributed by atoms with Gasteiger partial charge in [0.25, 0.3) is 0 Å². The number of hydrogen-bond donors (Lipinski definition) is 2. The van der Waals surface area contributed by atoms with Crippen LogP contribution in [0.15, 0.2) is 0 Å². The van der Waals surface area contributed by atoms with Crippen LogP contribution in [0.1, 0.15) is 12.8 Å². The van der Waals surface area contributed by atoms with Crippen molar-refractivity contribution in [3.63, 3.8) is 0 Å². The van der Waals surface area contributed by atoms with E-state index in [1.54, 1.807) is 4.90 Å². The SMILES string of the molecule is CN(C)CC1CC(O)CN1C(=O)CCS. The number of nitrogens with zero attached hydrogens (tertiary/aromatic N) is 2. The molecule has 1 fully saturated rings. The lowest BCUT2D eigenvalue weighted by atomic mass is 10.2. The molecule has 1 amide bonds. The molecule has 1 rings (SSSR count). The van der Waals surface area contributed by atoms with Gasteiger partial charge in [0, 0.05) is 25.6 Å². The molecule has 0 saturated carbocycles. The molecule has 1 aliphatic heterocycles. The fourth-order valence-corrected chi connectivity index (χ4v) is 2.22. The van der Waals surface area contributed by atoms with Gasteiger partial charge in [-0.3, -0.25) is 4.79 Å². The summed E-state index contributed by atoms with van der Waals surface area (Å²) in [5.41, 5.74) is 0. The third-order valence-electron chi connectivity index (χ3n) is 2.61. The van der Waals surface area contributed by atoms with Gasteiger partial charge < -0.3 is 14.9 Å². The lowest BCUT2D eigenvalue weighted by Gasteiger charge is -2.26. The second kappa shape index (κ2) is 5.72. The fourth-order valence-electron chi connectivity index (χ4n) is 2.03. The van der Waals surface area contributed by atoms with Crippen molar-refractivity contribution in [1.82, 2.24) is 9.80 Å². The molecule has 4 nitrogen and oxygen atoms in total. The van der Waals surface area contributed by atoms with Crippen LogP contribution in [0.5, 0.6) is 0 Å². The Kier molecular flexibility index (Phi) is 4.89. The molecule has 0 radical (unpaired) electrons. The molecule has 1 N–H and O–H groups in total. The van der Waals surface area contributed by atoms with Gasteiger partial charge in [-0.1, -0.05) is 0 Å².